The number of nitrogens with one attached hydrogen (secondary N) is 1. The average molecular weight is 423 g/mol. The predicted molar refractivity (Wildman–Crippen MR) is 120 cm³/mol. The molecular formula is C24H26N2O3S. The number of aryl methyl sites for hydroxylation is 2. The van der Waals surface area contributed by atoms with Crippen LogP contribution in [0.4, 0.5) is 5.69 Å². The summed E-state index contributed by atoms with van der Waals surface area (Å²) in [5, 5.41) is 0. The van der Waals surface area contributed by atoms with Gasteiger partial charge in [-0.15, -0.1) is 0 Å². The molecule has 6 heteroatoms. The fourth-order valence-corrected chi connectivity index (χ4v) is 4.25. The molecule has 3 aromatic rings. The van der Waals surface area contributed by atoms with Crippen LogP contribution in [-0.2, 0) is 10.0 Å². The molecule has 0 aliphatic carbocycles. The van der Waals surface area contributed by atoms with Crippen molar-refractivity contribution in [3.63, 3.8) is 0 Å². The average Bonchev–Trinajstić information content (AvgIpc) is 2.75. The van der Waals surface area contributed by atoms with Gasteiger partial charge in [0.1, 0.15) is 0 Å². The number of benzene rings is 3. The van der Waals surface area contributed by atoms with Crippen LogP contribution in [0.5, 0.6) is 0 Å². The van der Waals surface area contributed by atoms with Crippen molar-refractivity contribution in [3.05, 3.63) is 95.1 Å². The van der Waals surface area contributed by atoms with Gasteiger partial charge >= 0.3 is 0 Å². The van der Waals surface area contributed by atoms with Crippen molar-refractivity contribution in [2.75, 3.05) is 11.8 Å². The lowest BCUT2D eigenvalue weighted by atomic mass is 10.1. The highest BCUT2D eigenvalue weighted by Gasteiger charge is 2.19. The second-order valence-electron chi connectivity index (χ2n) is 7.43. The number of nitrogens with zero attached hydrogens (tertiary/aromatic N) is 1. The molecule has 3 aromatic carbocycles. The van der Waals surface area contributed by atoms with E-state index in [1.807, 2.05) is 51.1 Å². The fraction of sp³-hybridized carbons (Fsp3) is 0.208. The molecule has 0 saturated heterocycles. The van der Waals surface area contributed by atoms with E-state index in [2.05, 4.69) is 4.72 Å². The Hall–Kier alpha value is -3.12. The first-order valence-corrected chi connectivity index (χ1v) is 11.2. The first-order chi connectivity index (χ1) is 14.2. The van der Waals surface area contributed by atoms with Crippen molar-refractivity contribution in [2.45, 2.75) is 31.7 Å². The van der Waals surface area contributed by atoms with Crippen LogP contribution in [-0.4, -0.2) is 26.3 Å². The van der Waals surface area contributed by atoms with Crippen LogP contribution >= 0.6 is 0 Å². The quantitative estimate of drug-likeness (QED) is 0.612. The van der Waals surface area contributed by atoms with E-state index in [1.165, 1.54) is 0 Å². The molecule has 1 atom stereocenters. The van der Waals surface area contributed by atoms with Gasteiger partial charge in [0, 0.05) is 18.3 Å². The van der Waals surface area contributed by atoms with Crippen LogP contribution in [0.2, 0.25) is 0 Å². The predicted octanol–water partition coefficient (Wildman–Crippen LogP) is 4.94. The SMILES string of the molecule is Cc1ccc(S(=O)(=O)Nc2ccc(C(=O)N(C)[C@@H](C)c3ccccc3)cc2)cc1C. The lowest BCUT2D eigenvalue weighted by molar-refractivity contribution is 0.0742. The minimum Gasteiger partial charge on any atom is -0.335 e. The molecule has 5 nitrogen and oxygen atoms in total. The zero-order valence-electron chi connectivity index (χ0n) is 17.6. The summed E-state index contributed by atoms with van der Waals surface area (Å²) in [4.78, 5) is 14.7. The van der Waals surface area contributed by atoms with E-state index in [0.29, 0.717) is 11.3 Å². The van der Waals surface area contributed by atoms with Crippen molar-refractivity contribution in [2.24, 2.45) is 0 Å². The van der Waals surface area contributed by atoms with Crippen molar-refractivity contribution in [1.82, 2.24) is 4.90 Å². The first kappa shape index (κ1) is 21.6. The monoisotopic (exact) mass is 422 g/mol. The lowest BCUT2D eigenvalue weighted by Gasteiger charge is -2.25. The topological polar surface area (TPSA) is 66.5 Å². The molecule has 0 saturated carbocycles. The summed E-state index contributed by atoms with van der Waals surface area (Å²) in [6, 6.07) is 21.2. The number of amides is 1. The van der Waals surface area contributed by atoms with Gasteiger partial charge < -0.3 is 4.90 Å². The number of hydrogen-bond donors (Lipinski definition) is 1. The number of hydrogen-bond acceptors (Lipinski definition) is 3. The van der Waals surface area contributed by atoms with E-state index >= 15 is 0 Å². The van der Waals surface area contributed by atoms with Gasteiger partial charge in [-0.05, 0) is 73.9 Å². The van der Waals surface area contributed by atoms with Crippen molar-refractivity contribution in [1.29, 1.82) is 0 Å². The second-order valence-corrected chi connectivity index (χ2v) is 9.11. The van der Waals surface area contributed by atoms with Crippen LogP contribution < -0.4 is 4.72 Å². The van der Waals surface area contributed by atoms with Crippen molar-refractivity contribution >= 4 is 21.6 Å². The van der Waals surface area contributed by atoms with E-state index < -0.39 is 10.0 Å². The minimum absolute atomic E-state index is 0.0818. The van der Waals surface area contributed by atoms with E-state index in [-0.39, 0.29) is 16.8 Å². The highest BCUT2D eigenvalue weighted by molar-refractivity contribution is 7.92. The molecule has 0 unspecified atom stereocenters. The Labute approximate surface area is 178 Å². The van der Waals surface area contributed by atoms with Crippen LogP contribution in [0.3, 0.4) is 0 Å². The third-order valence-electron chi connectivity index (χ3n) is 5.36. The standard InChI is InChI=1S/C24H26N2O3S/c1-17-10-15-23(16-18(17)2)30(28,29)25-22-13-11-21(12-14-22)24(27)26(4)19(3)20-8-6-5-7-9-20/h5-16,19,25H,1-4H3/t19-/m0/s1. The van der Waals surface area contributed by atoms with Gasteiger partial charge in [-0.2, -0.15) is 0 Å². The Balaban J connectivity index is 1.74. The summed E-state index contributed by atoms with van der Waals surface area (Å²) in [7, 11) is -1.94. The first-order valence-electron chi connectivity index (χ1n) is 9.71. The number of carbonyl (C=O) groups is 1. The molecule has 3 rings (SSSR count). The van der Waals surface area contributed by atoms with Gasteiger partial charge in [-0.3, -0.25) is 9.52 Å². The largest absolute Gasteiger partial charge is 0.335 e. The molecule has 0 aliphatic rings. The van der Waals surface area contributed by atoms with Gasteiger partial charge in [0.25, 0.3) is 15.9 Å². The molecule has 156 valence electrons. The normalized spacial score (nSPS) is 12.3. The van der Waals surface area contributed by atoms with Gasteiger partial charge in [-0.1, -0.05) is 36.4 Å². The summed E-state index contributed by atoms with van der Waals surface area (Å²) in [5.74, 6) is -0.130. The number of sulfonamides is 1. The molecule has 0 aliphatic heterocycles. The lowest BCUT2D eigenvalue weighted by Crippen LogP contribution is -2.29. The molecule has 0 heterocycles. The van der Waals surface area contributed by atoms with E-state index in [0.717, 1.165) is 16.7 Å². The maximum absolute atomic E-state index is 12.8. The molecular weight excluding hydrogens is 396 g/mol. The Bertz CT molecular complexity index is 1140. The molecule has 1 amide bonds. The highest BCUT2D eigenvalue weighted by Crippen LogP contribution is 2.22. The van der Waals surface area contributed by atoms with E-state index in [1.54, 1.807) is 54.4 Å². The maximum atomic E-state index is 12.8. The summed E-state index contributed by atoms with van der Waals surface area (Å²) in [6.45, 7) is 5.78. The Kier molecular flexibility index (Phi) is 6.27. The molecule has 0 aromatic heterocycles. The molecule has 0 radical (unpaired) electrons. The fourth-order valence-electron chi connectivity index (χ4n) is 3.11. The zero-order chi connectivity index (χ0) is 21.9. The molecule has 1 N–H and O–H groups in total. The van der Waals surface area contributed by atoms with Crippen LogP contribution in [0.15, 0.2) is 77.7 Å². The van der Waals surface area contributed by atoms with Crippen LogP contribution in [0.1, 0.15) is 40.0 Å². The zero-order valence-corrected chi connectivity index (χ0v) is 18.4. The molecule has 0 fully saturated rings. The van der Waals surface area contributed by atoms with Gasteiger partial charge in [-0.25, -0.2) is 8.42 Å². The minimum atomic E-state index is -3.70. The summed E-state index contributed by atoms with van der Waals surface area (Å²) in [6.07, 6.45) is 0. The summed E-state index contributed by atoms with van der Waals surface area (Å²) < 4.78 is 27.9. The van der Waals surface area contributed by atoms with E-state index in [9.17, 15) is 13.2 Å². The third-order valence-corrected chi connectivity index (χ3v) is 6.73. The maximum Gasteiger partial charge on any atom is 0.261 e. The van der Waals surface area contributed by atoms with Gasteiger partial charge in [0.05, 0.1) is 10.9 Å². The number of anilines is 1. The Morgan fingerprint density at radius 2 is 1.53 bits per heavy atom. The summed E-state index contributed by atoms with van der Waals surface area (Å²) >= 11 is 0. The van der Waals surface area contributed by atoms with E-state index in [4.69, 9.17) is 0 Å². The molecule has 0 spiro atoms. The highest BCUT2D eigenvalue weighted by atomic mass is 32.2. The smallest absolute Gasteiger partial charge is 0.261 e. The van der Waals surface area contributed by atoms with Crippen molar-refractivity contribution < 1.29 is 13.2 Å². The summed E-state index contributed by atoms with van der Waals surface area (Å²) in [5.41, 5.74) is 3.89. The number of rotatable bonds is 6. The van der Waals surface area contributed by atoms with Gasteiger partial charge in [0.2, 0.25) is 0 Å². The second kappa shape index (κ2) is 8.71. The van der Waals surface area contributed by atoms with Gasteiger partial charge in [0.15, 0.2) is 0 Å². The molecule has 0 bridgehead atoms. The third kappa shape index (κ3) is 4.71. The van der Waals surface area contributed by atoms with Crippen LogP contribution in [0, 0.1) is 13.8 Å². The number of carbonyl (C=O) groups excluding carboxylic acids is 1. The molecule has 30 heavy (non-hydrogen) atoms. The Morgan fingerprint density at radius 1 is 0.900 bits per heavy atom. The Morgan fingerprint density at radius 3 is 2.13 bits per heavy atom. The van der Waals surface area contributed by atoms with Crippen LogP contribution in [0.25, 0.3) is 0 Å². The van der Waals surface area contributed by atoms with Crippen molar-refractivity contribution in [3.8, 4) is 0 Å².